The number of nitrogens with zero attached hydrogens (tertiary/aromatic N) is 2. The Hall–Kier alpha value is -2.29. The number of aliphatic hydroxyl groups is 1. The SMILES string of the molecule is CC(C)(C)OC(=O)CC1(O)CCN(c2cc(F)c(F)cc2[N+](=O)[O-])CC1. The van der Waals surface area contributed by atoms with Gasteiger partial charge in [0.25, 0.3) is 5.69 Å². The van der Waals surface area contributed by atoms with E-state index in [4.69, 9.17) is 4.74 Å². The fourth-order valence-corrected chi connectivity index (χ4v) is 2.91. The monoisotopic (exact) mass is 372 g/mol. The van der Waals surface area contributed by atoms with Crippen LogP contribution in [0.3, 0.4) is 0 Å². The van der Waals surface area contributed by atoms with Crippen molar-refractivity contribution in [1.29, 1.82) is 0 Å². The zero-order chi connectivity index (χ0) is 19.7. The third kappa shape index (κ3) is 4.87. The number of halogens is 2. The third-order valence-corrected chi connectivity index (χ3v) is 4.14. The van der Waals surface area contributed by atoms with Crippen LogP contribution in [0.2, 0.25) is 0 Å². The molecule has 1 heterocycles. The van der Waals surface area contributed by atoms with Crippen LogP contribution < -0.4 is 4.90 Å². The van der Waals surface area contributed by atoms with Gasteiger partial charge in [0.05, 0.1) is 23.0 Å². The van der Waals surface area contributed by atoms with E-state index in [0.717, 1.165) is 6.07 Å². The van der Waals surface area contributed by atoms with Crippen molar-refractivity contribution < 1.29 is 28.3 Å². The molecule has 0 aromatic heterocycles. The normalized spacial score (nSPS) is 17.1. The van der Waals surface area contributed by atoms with E-state index in [-0.39, 0.29) is 38.0 Å². The molecule has 0 amide bonds. The number of nitro benzene ring substituents is 1. The Morgan fingerprint density at radius 2 is 1.85 bits per heavy atom. The first-order valence-corrected chi connectivity index (χ1v) is 8.23. The van der Waals surface area contributed by atoms with E-state index in [1.54, 1.807) is 20.8 Å². The van der Waals surface area contributed by atoms with Crippen LogP contribution in [0.25, 0.3) is 0 Å². The van der Waals surface area contributed by atoms with Crippen LogP contribution in [0, 0.1) is 21.7 Å². The molecule has 1 aromatic rings. The first kappa shape index (κ1) is 20.0. The Morgan fingerprint density at radius 3 is 2.35 bits per heavy atom. The molecule has 0 unspecified atom stereocenters. The summed E-state index contributed by atoms with van der Waals surface area (Å²) >= 11 is 0. The number of nitro groups is 1. The number of hydrogen-bond donors (Lipinski definition) is 1. The first-order chi connectivity index (χ1) is 11.9. The van der Waals surface area contributed by atoms with Gasteiger partial charge in [-0.2, -0.15) is 0 Å². The van der Waals surface area contributed by atoms with Gasteiger partial charge in [0.2, 0.25) is 0 Å². The Morgan fingerprint density at radius 1 is 1.31 bits per heavy atom. The van der Waals surface area contributed by atoms with Crippen molar-refractivity contribution in [3.8, 4) is 0 Å². The number of carbonyl (C=O) groups excluding carboxylic acids is 1. The highest BCUT2D eigenvalue weighted by Gasteiger charge is 2.37. The number of carbonyl (C=O) groups is 1. The van der Waals surface area contributed by atoms with Gasteiger partial charge >= 0.3 is 5.97 Å². The van der Waals surface area contributed by atoms with Crippen molar-refractivity contribution in [3.63, 3.8) is 0 Å². The standard InChI is InChI=1S/C17H22F2N2O5/c1-16(2,3)26-15(22)10-17(23)4-6-20(7-5-17)13-8-11(18)12(19)9-14(13)21(24)25/h8-9,23H,4-7,10H2,1-3H3. The number of hydrogen-bond acceptors (Lipinski definition) is 6. The highest BCUT2D eigenvalue weighted by Crippen LogP contribution is 2.35. The third-order valence-electron chi connectivity index (χ3n) is 4.14. The molecule has 1 aromatic carbocycles. The Labute approximate surface area is 149 Å². The average Bonchev–Trinajstić information content (AvgIpc) is 2.47. The molecular formula is C17H22F2N2O5. The lowest BCUT2D eigenvalue weighted by Gasteiger charge is -2.38. The summed E-state index contributed by atoms with van der Waals surface area (Å²) < 4.78 is 32.0. The molecular weight excluding hydrogens is 350 g/mol. The smallest absolute Gasteiger partial charge is 0.309 e. The minimum absolute atomic E-state index is 0.0479. The number of rotatable bonds is 4. The molecule has 7 nitrogen and oxygen atoms in total. The van der Waals surface area contributed by atoms with Gasteiger partial charge in [0.15, 0.2) is 11.6 Å². The lowest BCUT2D eigenvalue weighted by atomic mass is 9.88. The van der Waals surface area contributed by atoms with Crippen LogP contribution in [0.4, 0.5) is 20.2 Å². The van der Waals surface area contributed by atoms with Crippen molar-refractivity contribution in [2.75, 3.05) is 18.0 Å². The summed E-state index contributed by atoms with van der Waals surface area (Å²) in [4.78, 5) is 23.8. The summed E-state index contributed by atoms with van der Waals surface area (Å²) in [5, 5.41) is 21.7. The van der Waals surface area contributed by atoms with Crippen LogP contribution in [-0.2, 0) is 9.53 Å². The summed E-state index contributed by atoms with van der Waals surface area (Å²) in [6.07, 6.45) is 0.0861. The number of ether oxygens (including phenoxy) is 1. The Bertz CT molecular complexity index is 710. The van der Waals surface area contributed by atoms with Gasteiger partial charge in [-0.3, -0.25) is 14.9 Å². The molecule has 1 aliphatic rings. The summed E-state index contributed by atoms with van der Waals surface area (Å²) in [5.41, 5.74) is -2.55. The highest BCUT2D eigenvalue weighted by molar-refractivity contribution is 5.71. The van der Waals surface area contributed by atoms with Gasteiger partial charge in [-0.15, -0.1) is 0 Å². The molecule has 1 aliphatic heterocycles. The molecule has 0 spiro atoms. The second-order valence-corrected chi connectivity index (χ2v) is 7.49. The predicted molar refractivity (Wildman–Crippen MR) is 89.9 cm³/mol. The second-order valence-electron chi connectivity index (χ2n) is 7.49. The molecule has 1 saturated heterocycles. The molecule has 0 atom stereocenters. The molecule has 1 fully saturated rings. The second kappa shape index (κ2) is 7.14. The van der Waals surface area contributed by atoms with E-state index >= 15 is 0 Å². The summed E-state index contributed by atoms with van der Waals surface area (Å²) in [6, 6.07) is 1.33. The van der Waals surface area contributed by atoms with Gasteiger partial charge in [0, 0.05) is 19.2 Å². The van der Waals surface area contributed by atoms with E-state index in [1.807, 2.05) is 0 Å². The van der Waals surface area contributed by atoms with Crippen LogP contribution in [0.5, 0.6) is 0 Å². The van der Waals surface area contributed by atoms with Crippen LogP contribution in [0.15, 0.2) is 12.1 Å². The van der Waals surface area contributed by atoms with Gasteiger partial charge in [-0.1, -0.05) is 0 Å². The number of benzene rings is 1. The molecule has 0 bridgehead atoms. The van der Waals surface area contributed by atoms with Gasteiger partial charge in [0.1, 0.15) is 11.3 Å². The molecule has 144 valence electrons. The summed E-state index contributed by atoms with van der Waals surface area (Å²) in [7, 11) is 0. The van der Waals surface area contributed by atoms with E-state index in [1.165, 1.54) is 4.90 Å². The Balaban J connectivity index is 2.10. The predicted octanol–water partition coefficient (Wildman–Crippen LogP) is 2.94. The zero-order valence-corrected chi connectivity index (χ0v) is 14.9. The minimum Gasteiger partial charge on any atom is -0.460 e. The maximum absolute atomic E-state index is 13.5. The zero-order valence-electron chi connectivity index (χ0n) is 14.9. The largest absolute Gasteiger partial charge is 0.460 e. The van der Waals surface area contributed by atoms with Crippen molar-refractivity contribution >= 4 is 17.3 Å². The highest BCUT2D eigenvalue weighted by atomic mass is 19.2. The van der Waals surface area contributed by atoms with Crippen molar-refractivity contribution in [3.05, 3.63) is 33.9 Å². The van der Waals surface area contributed by atoms with Crippen LogP contribution >= 0.6 is 0 Å². The number of piperidine rings is 1. The Kier molecular flexibility index (Phi) is 5.50. The molecule has 1 N–H and O–H groups in total. The van der Waals surface area contributed by atoms with Gasteiger partial charge in [-0.25, -0.2) is 8.78 Å². The first-order valence-electron chi connectivity index (χ1n) is 8.23. The van der Waals surface area contributed by atoms with E-state index in [9.17, 15) is 28.8 Å². The van der Waals surface area contributed by atoms with E-state index in [2.05, 4.69) is 0 Å². The quantitative estimate of drug-likeness (QED) is 0.496. The molecule has 2 rings (SSSR count). The minimum atomic E-state index is -1.30. The van der Waals surface area contributed by atoms with Crippen molar-refractivity contribution in [2.24, 2.45) is 0 Å². The maximum atomic E-state index is 13.5. The summed E-state index contributed by atoms with van der Waals surface area (Å²) in [5.74, 6) is -3.01. The summed E-state index contributed by atoms with van der Waals surface area (Å²) in [6.45, 7) is 5.48. The lowest BCUT2D eigenvalue weighted by molar-refractivity contribution is -0.384. The molecule has 0 saturated carbocycles. The fraction of sp³-hybridized carbons (Fsp3) is 0.588. The van der Waals surface area contributed by atoms with Crippen LogP contribution in [0.1, 0.15) is 40.0 Å². The average molecular weight is 372 g/mol. The molecule has 0 aliphatic carbocycles. The lowest BCUT2D eigenvalue weighted by Crippen LogP contribution is -2.46. The maximum Gasteiger partial charge on any atom is 0.309 e. The number of anilines is 1. The van der Waals surface area contributed by atoms with Crippen molar-refractivity contribution in [2.45, 2.75) is 51.2 Å². The fourth-order valence-electron chi connectivity index (χ4n) is 2.91. The van der Waals surface area contributed by atoms with Gasteiger partial charge < -0.3 is 14.7 Å². The van der Waals surface area contributed by atoms with Gasteiger partial charge in [-0.05, 0) is 33.6 Å². The number of esters is 1. The topological polar surface area (TPSA) is 92.9 Å². The van der Waals surface area contributed by atoms with Crippen LogP contribution in [-0.4, -0.2) is 40.3 Å². The molecule has 9 heteroatoms. The molecule has 26 heavy (non-hydrogen) atoms. The molecule has 0 radical (unpaired) electrons. The van der Waals surface area contributed by atoms with E-state index in [0.29, 0.717) is 6.07 Å². The van der Waals surface area contributed by atoms with Crippen molar-refractivity contribution in [1.82, 2.24) is 0 Å². The van der Waals surface area contributed by atoms with E-state index < -0.39 is 39.4 Å².